The van der Waals surface area contributed by atoms with Gasteiger partial charge in [-0.25, -0.2) is 13.2 Å². The van der Waals surface area contributed by atoms with Gasteiger partial charge in [0.2, 0.25) is 0 Å². The van der Waals surface area contributed by atoms with Gasteiger partial charge in [0.1, 0.15) is 23.7 Å². The molecule has 3 rings (SSSR count). The molecule has 0 spiro atoms. The summed E-state index contributed by atoms with van der Waals surface area (Å²) in [4.78, 5) is 30.5. The highest BCUT2D eigenvalue weighted by atomic mass is 19.1. The fraction of sp³-hybridized carbons (Fsp3) is 0.240. The highest BCUT2D eigenvalue weighted by Gasteiger charge is 2.27. The van der Waals surface area contributed by atoms with Crippen LogP contribution in [0.2, 0.25) is 0 Å². The third-order valence-electron chi connectivity index (χ3n) is 5.15. The summed E-state index contributed by atoms with van der Waals surface area (Å²) in [7, 11) is 1.68. The molecule has 0 bridgehead atoms. The van der Waals surface area contributed by atoms with E-state index in [1.165, 1.54) is 30.5 Å². The molecule has 8 heteroatoms. The Labute approximate surface area is 190 Å². The van der Waals surface area contributed by atoms with Gasteiger partial charge in [0.15, 0.2) is 0 Å². The Hall–Kier alpha value is -3.68. The summed E-state index contributed by atoms with van der Waals surface area (Å²) in [5, 5.41) is 2.75. The zero-order chi connectivity index (χ0) is 24.2. The molecule has 1 heterocycles. The molecule has 0 saturated carbocycles. The number of aldehydes is 1. The molecule has 5 nitrogen and oxygen atoms in total. The number of aromatic nitrogens is 1. The van der Waals surface area contributed by atoms with Gasteiger partial charge in [-0.3, -0.25) is 9.78 Å². The number of carbonyl (C=O) groups excluding carboxylic acids is 2. The number of rotatable bonds is 8. The number of nitrogens with one attached hydrogen (secondary N) is 1. The molecule has 1 amide bonds. The summed E-state index contributed by atoms with van der Waals surface area (Å²) < 4.78 is 40.3. The zero-order valence-corrected chi connectivity index (χ0v) is 18.5. The van der Waals surface area contributed by atoms with Gasteiger partial charge in [0.25, 0.3) is 5.91 Å². The summed E-state index contributed by atoms with van der Waals surface area (Å²) in [5.74, 6) is -2.17. The monoisotopic (exact) mass is 455 g/mol. The second-order valence-corrected chi connectivity index (χ2v) is 8.37. The first-order valence-electron chi connectivity index (χ1n) is 10.2. The van der Waals surface area contributed by atoms with Crippen LogP contribution in [0.3, 0.4) is 0 Å². The van der Waals surface area contributed by atoms with Crippen molar-refractivity contribution < 1.29 is 22.8 Å². The standard InChI is InChI=1S/C25H24F3N3O2/c1-25(2,15-32)23-22(31(3)14-17-8-20(27)11-21(28)9-17)10-18(13-29-23)24(33)30-12-16-4-6-19(26)7-5-16/h4-11,13,15H,12,14H2,1-3H3,(H,30,33). The van der Waals surface area contributed by atoms with Gasteiger partial charge in [-0.1, -0.05) is 12.1 Å². The Balaban J connectivity index is 1.89. The van der Waals surface area contributed by atoms with E-state index in [9.17, 15) is 22.8 Å². The van der Waals surface area contributed by atoms with Crippen LogP contribution >= 0.6 is 0 Å². The van der Waals surface area contributed by atoms with Crippen molar-refractivity contribution in [2.75, 3.05) is 11.9 Å². The molecule has 2 aromatic carbocycles. The lowest BCUT2D eigenvalue weighted by molar-refractivity contribution is -0.111. The van der Waals surface area contributed by atoms with Crippen molar-refractivity contribution >= 4 is 17.9 Å². The normalized spacial score (nSPS) is 11.2. The lowest BCUT2D eigenvalue weighted by Gasteiger charge is -2.27. The molecule has 0 radical (unpaired) electrons. The van der Waals surface area contributed by atoms with Gasteiger partial charge in [0.05, 0.1) is 22.4 Å². The van der Waals surface area contributed by atoms with E-state index in [0.717, 1.165) is 17.9 Å². The van der Waals surface area contributed by atoms with Crippen molar-refractivity contribution in [3.8, 4) is 0 Å². The minimum Gasteiger partial charge on any atom is -0.369 e. The fourth-order valence-corrected chi connectivity index (χ4v) is 3.37. The number of benzene rings is 2. The van der Waals surface area contributed by atoms with Crippen molar-refractivity contribution in [2.24, 2.45) is 0 Å². The Morgan fingerprint density at radius 1 is 1.00 bits per heavy atom. The number of hydrogen-bond acceptors (Lipinski definition) is 4. The molecule has 0 aliphatic rings. The van der Waals surface area contributed by atoms with Gasteiger partial charge < -0.3 is 15.0 Å². The maximum Gasteiger partial charge on any atom is 0.253 e. The molecular weight excluding hydrogens is 431 g/mol. The van der Waals surface area contributed by atoms with Crippen molar-refractivity contribution in [3.63, 3.8) is 0 Å². The average molecular weight is 455 g/mol. The van der Waals surface area contributed by atoms with Crippen LogP contribution in [-0.2, 0) is 23.3 Å². The summed E-state index contributed by atoms with van der Waals surface area (Å²) in [6, 6.07) is 10.6. The Morgan fingerprint density at radius 2 is 1.64 bits per heavy atom. The van der Waals surface area contributed by atoms with Gasteiger partial charge >= 0.3 is 0 Å². The van der Waals surface area contributed by atoms with Crippen LogP contribution in [0.1, 0.15) is 41.0 Å². The van der Waals surface area contributed by atoms with Crippen LogP contribution in [0.5, 0.6) is 0 Å². The lowest BCUT2D eigenvalue weighted by atomic mass is 9.88. The molecule has 0 aliphatic carbocycles. The Kier molecular flexibility index (Phi) is 7.16. The van der Waals surface area contributed by atoms with Crippen LogP contribution in [-0.4, -0.2) is 24.2 Å². The molecule has 0 unspecified atom stereocenters. The first-order chi connectivity index (χ1) is 15.6. The first kappa shape index (κ1) is 24.0. The number of amides is 1. The predicted octanol–water partition coefficient (Wildman–Crippen LogP) is 4.54. The Bertz CT molecular complexity index is 1140. The molecule has 3 aromatic rings. The van der Waals surface area contributed by atoms with Gasteiger partial charge in [-0.05, 0) is 55.3 Å². The SMILES string of the molecule is CN(Cc1cc(F)cc(F)c1)c1cc(C(=O)NCc2ccc(F)cc2)cnc1C(C)(C)C=O. The van der Waals surface area contributed by atoms with Gasteiger partial charge in [-0.2, -0.15) is 0 Å². The average Bonchev–Trinajstić information content (AvgIpc) is 2.77. The van der Waals surface area contributed by atoms with Crippen molar-refractivity contribution in [3.05, 3.63) is 94.6 Å². The number of hydrogen-bond donors (Lipinski definition) is 1. The van der Waals surface area contributed by atoms with Crippen molar-refractivity contribution in [1.82, 2.24) is 10.3 Å². The summed E-state index contributed by atoms with van der Waals surface area (Å²) in [5.41, 5.74) is 1.30. The van der Waals surface area contributed by atoms with Crippen molar-refractivity contribution in [1.29, 1.82) is 0 Å². The molecule has 0 atom stereocenters. The smallest absolute Gasteiger partial charge is 0.253 e. The Morgan fingerprint density at radius 3 is 2.24 bits per heavy atom. The fourth-order valence-electron chi connectivity index (χ4n) is 3.37. The number of halogens is 3. The van der Waals surface area contributed by atoms with E-state index in [2.05, 4.69) is 10.3 Å². The largest absolute Gasteiger partial charge is 0.369 e. The predicted molar refractivity (Wildman–Crippen MR) is 119 cm³/mol. The number of nitrogens with zero attached hydrogens (tertiary/aromatic N) is 2. The van der Waals surface area contributed by atoms with E-state index < -0.39 is 23.0 Å². The van der Waals surface area contributed by atoms with Crippen LogP contribution in [0.25, 0.3) is 0 Å². The maximum absolute atomic E-state index is 13.6. The van der Waals surface area contributed by atoms with Crippen LogP contribution in [0.4, 0.5) is 18.9 Å². The van der Waals surface area contributed by atoms with E-state index in [4.69, 9.17) is 0 Å². The maximum atomic E-state index is 13.6. The summed E-state index contributed by atoms with van der Waals surface area (Å²) in [6.07, 6.45) is 2.13. The third-order valence-corrected chi connectivity index (χ3v) is 5.15. The molecule has 33 heavy (non-hydrogen) atoms. The lowest BCUT2D eigenvalue weighted by Crippen LogP contribution is -2.29. The number of carbonyl (C=O) groups is 2. The van der Waals surface area contributed by atoms with E-state index >= 15 is 0 Å². The van der Waals surface area contributed by atoms with Crippen molar-refractivity contribution in [2.45, 2.75) is 32.4 Å². The van der Waals surface area contributed by atoms with Gasteiger partial charge in [0, 0.05) is 32.4 Å². The van der Waals surface area contributed by atoms with Gasteiger partial charge in [-0.15, -0.1) is 0 Å². The molecule has 0 aliphatic heterocycles. The highest BCUT2D eigenvalue weighted by Crippen LogP contribution is 2.30. The minimum absolute atomic E-state index is 0.124. The molecule has 172 valence electrons. The molecule has 1 aromatic heterocycles. The number of anilines is 1. The highest BCUT2D eigenvalue weighted by molar-refractivity contribution is 5.95. The molecular formula is C25H24F3N3O2. The third kappa shape index (κ3) is 5.97. The summed E-state index contributed by atoms with van der Waals surface area (Å²) in [6.45, 7) is 3.69. The molecule has 0 fully saturated rings. The van der Waals surface area contributed by atoms with Crippen LogP contribution in [0.15, 0.2) is 54.7 Å². The quantitative estimate of drug-likeness (QED) is 0.507. The van der Waals surface area contributed by atoms with E-state index in [1.54, 1.807) is 44.0 Å². The summed E-state index contributed by atoms with van der Waals surface area (Å²) >= 11 is 0. The topological polar surface area (TPSA) is 62.3 Å². The van der Waals surface area contributed by atoms with Crippen LogP contribution < -0.4 is 10.2 Å². The molecule has 1 N–H and O–H groups in total. The van der Waals surface area contributed by atoms with E-state index in [0.29, 0.717) is 16.9 Å². The first-order valence-corrected chi connectivity index (χ1v) is 10.2. The second-order valence-electron chi connectivity index (χ2n) is 8.37. The number of pyridine rings is 1. The zero-order valence-electron chi connectivity index (χ0n) is 18.5. The minimum atomic E-state index is -0.958. The second kappa shape index (κ2) is 9.85. The van der Waals surface area contributed by atoms with E-state index in [-0.39, 0.29) is 24.5 Å². The molecule has 0 saturated heterocycles. The van der Waals surface area contributed by atoms with E-state index in [1.807, 2.05) is 0 Å². The van der Waals surface area contributed by atoms with Crippen LogP contribution in [0, 0.1) is 17.5 Å².